The SMILES string of the molecule is CCCC1NC(=O)c2ccccc2N(Cc2ccccc2)C1=O. The fourth-order valence-corrected chi connectivity index (χ4v) is 2.92. The second kappa shape index (κ2) is 6.65. The number of para-hydroxylation sites is 1. The van der Waals surface area contributed by atoms with E-state index in [-0.39, 0.29) is 11.8 Å². The average molecular weight is 308 g/mol. The predicted molar refractivity (Wildman–Crippen MR) is 90.2 cm³/mol. The van der Waals surface area contributed by atoms with Gasteiger partial charge in [-0.2, -0.15) is 0 Å². The molecule has 0 bridgehead atoms. The molecule has 1 aliphatic rings. The Morgan fingerprint density at radius 2 is 1.70 bits per heavy atom. The normalized spacial score (nSPS) is 17.4. The number of hydrogen-bond acceptors (Lipinski definition) is 2. The van der Waals surface area contributed by atoms with Gasteiger partial charge in [0.2, 0.25) is 5.91 Å². The molecule has 2 aromatic rings. The van der Waals surface area contributed by atoms with Crippen LogP contribution in [0.2, 0.25) is 0 Å². The highest BCUT2D eigenvalue weighted by Crippen LogP contribution is 2.26. The molecule has 0 spiro atoms. The maximum Gasteiger partial charge on any atom is 0.254 e. The minimum Gasteiger partial charge on any atom is -0.340 e. The lowest BCUT2D eigenvalue weighted by Gasteiger charge is -2.25. The number of benzene rings is 2. The first kappa shape index (κ1) is 15.3. The number of amides is 2. The maximum absolute atomic E-state index is 13.0. The first-order valence-corrected chi connectivity index (χ1v) is 7.96. The lowest BCUT2D eigenvalue weighted by molar-refractivity contribution is -0.120. The van der Waals surface area contributed by atoms with E-state index in [1.54, 1.807) is 11.0 Å². The summed E-state index contributed by atoms with van der Waals surface area (Å²) in [6.45, 7) is 2.48. The van der Waals surface area contributed by atoms with Crippen LogP contribution in [-0.2, 0) is 11.3 Å². The van der Waals surface area contributed by atoms with Crippen molar-refractivity contribution in [1.29, 1.82) is 0 Å². The summed E-state index contributed by atoms with van der Waals surface area (Å²) in [5.41, 5.74) is 2.27. The van der Waals surface area contributed by atoms with Crippen LogP contribution >= 0.6 is 0 Å². The van der Waals surface area contributed by atoms with Crippen LogP contribution in [0.3, 0.4) is 0 Å². The molecule has 1 heterocycles. The van der Waals surface area contributed by atoms with Crippen LogP contribution in [0.15, 0.2) is 54.6 Å². The molecule has 1 atom stereocenters. The predicted octanol–water partition coefficient (Wildman–Crippen LogP) is 3.13. The van der Waals surface area contributed by atoms with Crippen LogP contribution in [-0.4, -0.2) is 17.9 Å². The molecule has 0 fully saturated rings. The van der Waals surface area contributed by atoms with E-state index in [0.29, 0.717) is 24.2 Å². The van der Waals surface area contributed by atoms with Crippen molar-refractivity contribution < 1.29 is 9.59 Å². The third-order valence-electron chi connectivity index (χ3n) is 4.07. The second-order valence-corrected chi connectivity index (χ2v) is 5.74. The minimum atomic E-state index is -0.469. The zero-order chi connectivity index (χ0) is 16.2. The molecular formula is C19H20N2O2. The topological polar surface area (TPSA) is 49.4 Å². The highest BCUT2D eigenvalue weighted by atomic mass is 16.2. The van der Waals surface area contributed by atoms with Crippen LogP contribution in [0, 0.1) is 0 Å². The van der Waals surface area contributed by atoms with Gasteiger partial charge >= 0.3 is 0 Å². The molecule has 118 valence electrons. The van der Waals surface area contributed by atoms with Crippen LogP contribution in [0.25, 0.3) is 0 Å². The lowest BCUT2D eigenvalue weighted by Crippen LogP contribution is -2.45. The fraction of sp³-hybridized carbons (Fsp3) is 0.263. The molecule has 1 unspecified atom stereocenters. The Hall–Kier alpha value is -2.62. The van der Waals surface area contributed by atoms with Crippen LogP contribution in [0.4, 0.5) is 5.69 Å². The minimum absolute atomic E-state index is 0.0472. The molecule has 0 radical (unpaired) electrons. The number of rotatable bonds is 4. The third kappa shape index (κ3) is 3.11. The molecule has 0 saturated carbocycles. The van der Waals surface area contributed by atoms with E-state index < -0.39 is 6.04 Å². The first-order valence-electron chi connectivity index (χ1n) is 7.96. The van der Waals surface area contributed by atoms with Crippen molar-refractivity contribution in [3.8, 4) is 0 Å². The highest BCUT2D eigenvalue weighted by molar-refractivity contribution is 6.10. The third-order valence-corrected chi connectivity index (χ3v) is 4.07. The first-order chi connectivity index (χ1) is 11.2. The molecule has 2 aromatic carbocycles. The van der Waals surface area contributed by atoms with Gasteiger partial charge in [-0.25, -0.2) is 0 Å². The second-order valence-electron chi connectivity index (χ2n) is 5.74. The number of nitrogens with zero attached hydrogens (tertiary/aromatic N) is 1. The molecule has 23 heavy (non-hydrogen) atoms. The molecule has 4 heteroatoms. The van der Waals surface area contributed by atoms with E-state index in [4.69, 9.17) is 0 Å². The van der Waals surface area contributed by atoms with Gasteiger partial charge in [-0.1, -0.05) is 55.8 Å². The van der Waals surface area contributed by atoms with Gasteiger partial charge in [-0.05, 0) is 24.1 Å². The van der Waals surface area contributed by atoms with Crippen molar-refractivity contribution in [1.82, 2.24) is 5.32 Å². The van der Waals surface area contributed by atoms with Gasteiger partial charge in [-0.3, -0.25) is 9.59 Å². The molecule has 0 aliphatic carbocycles. The summed E-state index contributed by atoms with van der Waals surface area (Å²) in [7, 11) is 0. The Kier molecular flexibility index (Phi) is 4.42. The number of carbonyl (C=O) groups is 2. The van der Waals surface area contributed by atoms with Gasteiger partial charge in [0.05, 0.1) is 17.8 Å². The number of nitrogens with one attached hydrogen (secondary N) is 1. The summed E-state index contributed by atoms with van der Waals surface area (Å²) >= 11 is 0. The molecule has 3 rings (SSSR count). The number of carbonyl (C=O) groups excluding carboxylic acids is 2. The maximum atomic E-state index is 13.0. The van der Waals surface area contributed by atoms with Gasteiger partial charge < -0.3 is 10.2 Å². The van der Waals surface area contributed by atoms with Gasteiger partial charge in [0.25, 0.3) is 5.91 Å². The molecule has 0 saturated heterocycles. The Labute approximate surface area is 136 Å². The van der Waals surface area contributed by atoms with Crippen LogP contribution in [0.1, 0.15) is 35.7 Å². The smallest absolute Gasteiger partial charge is 0.254 e. The van der Waals surface area contributed by atoms with E-state index in [2.05, 4.69) is 5.32 Å². The summed E-state index contributed by atoms with van der Waals surface area (Å²) in [4.78, 5) is 27.1. The zero-order valence-corrected chi connectivity index (χ0v) is 13.2. The lowest BCUT2D eigenvalue weighted by atomic mass is 10.1. The van der Waals surface area contributed by atoms with Crippen molar-refractivity contribution in [2.45, 2.75) is 32.4 Å². The molecule has 2 amide bonds. The van der Waals surface area contributed by atoms with E-state index in [0.717, 1.165) is 12.0 Å². The van der Waals surface area contributed by atoms with E-state index in [9.17, 15) is 9.59 Å². The Bertz CT molecular complexity index is 712. The standard InChI is InChI=1S/C19H20N2O2/c1-2-8-16-19(23)21(13-14-9-4-3-5-10-14)17-12-7-6-11-15(17)18(22)20-16/h3-7,9-12,16H,2,8,13H2,1H3,(H,20,22). The van der Waals surface area contributed by atoms with Gasteiger partial charge in [-0.15, -0.1) is 0 Å². The van der Waals surface area contributed by atoms with Crippen molar-refractivity contribution in [3.63, 3.8) is 0 Å². The van der Waals surface area contributed by atoms with Crippen molar-refractivity contribution in [2.75, 3.05) is 4.90 Å². The Morgan fingerprint density at radius 3 is 2.43 bits per heavy atom. The molecule has 4 nitrogen and oxygen atoms in total. The Morgan fingerprint density at radius 1 is 1.00 bits per heavy atom. The van der Waals surface area contributed by atoms with E-state index in [1.165, 1.54) is 0 Å². The van der Waals surface area contributed by atoms with Crippen molar-refractivity contribution >= 4 is 17.5 Å². The quantitative estimate of drug-likeness (QED) is 0.943. The van der Waals surface area contributed by atoms with Crippen LogP contribution in [0.5, 0.6) is 0 Å². The monoisotopic (exact) mass is 308 g/mol. The molecular weight excluding hydrogens is 288 g/mol. The van der Waals surface area contributed by atoms with Gasteiger partial charge in [0.1, 0.15) is 6.04 Å². The summed E-state index contributed by atoms with van der Waals surface area (Å²) in [5.74, 6) is -0.225. The number of hydrogen-bond donors (Lipinski definition) is 1. The zero-order valence-electron chi connectivity index (χ0n) is 13.2. The van der Waals surface area contributed by atoms with Gasteiger partial charge in [0, 0.05) is 0 Å². The van der Waals surface area contributed by atoms with E-state index in [1.807, 2.05) is 55.5 Å². The van der Waals surface area contributed by atoms with Crippen molar-refractivity contribution in [2.24, 2.45) is 0 Å². The van der Waals surface area contributed by atoms with Crippen molar-refractivity contribution in [3.05, 3.63) is 65.7 Å². The largest absolute Gasteiger partial charge is 0.340 e. The number of fused-ring (bicyclic) bond motifs is 1. The molecule has 1 aliphatic heterocycles. The summed E-state index contributed by atoms with van der Waals surface area (Å²) in [6, 6.07) is 16.7. The Balaban J connectivity index is 2.02. The highest BCUT2D eigenvalue weighted by Gasteiger charge is 2.32. The van der Waals surface area contributed by atoms with E-state index >= 15 is 0 Å². The summed E-state index contributed by atoms with van der Waals surface area (Å²) in [6.07, 6.45) is 1.48. The average Bonchev–Trinajstić information content (AvgIpc) is 2.68. The van der Waals surface area contributed by atoms with Gasteiger partial charge in [0.15, 0.2) is 0 Å². The summed E-state index contributed by atoms with van der Waals surface area (Å²) < 4.78 is 0. The molecule has 0 aromatic heterocycles. The van der Waals surface area contributed by atoms with Crippen LogP contribution < -0.4 is 10.2 Å². The number of anilines is 1. The molecule has 1 N–H and O–H groups in total. The summed E-state index contributed by atoms with van der Waals surface area (Å²) in [5, 5.41) is 2.87. The fourth-order valence-electron chi connectivity index (χ4n) is 2.92.